The van der Waals surface area contributed by atoms with Gasteiger partial charge in [-0.2, -0.15) is 0 Å². The zero-order valence-electron chi connectivity index (χ0n) is 17.6. The summed E-state index contributed by atoms with van der Waals surface area (Å²) in [5, 5.41) is 2.87. The third kappa shape index (κ3) is 8.38. The molecule has 0 radical (unpaired) electrons. The van der Waals surface area contributed by atoms with Crippen molar-refractivity contribution in [3.8, 4) is 11.5 Å². The molecule has 0 aromatic heterocycles. The summed E-state index contributed by atoms with van der Waals surface area (Å²) in [6, 6.07) is 15.0. The predicted octanol–water partition coefficient (Wildman–Crippen LogP) is 4.58. The van der Waals surface area contributed by atoms with E-state index in [0.717, 1.165) is 29.9 Å². The Bertz CT molecular complexity index is 766. The highest BCUT2D eigenvalue weighted by Crippen LogP contribution is 2.15. The Hall–Kier alpha value is -2.82. The van der Waals surface area contributed by atoms with Gasteiger partial charge in [-0.05, 0) is 68.7 Å². The number of amides is 1. The van der Waals surface area contributed by atoms with E-state index in [1.165, 1.54) is 0 Å². The number of carbonyl (C=O) groups excluding carboxylic acids is 2. The fourth-order valence-electron chi connectivity index (χ4n) is 2.77. The molecular formula is C24H31NO4. The average Bonchev–Trinajstić information content (AvgIpc) is 2.71. The van der Waals surface area contributed by atoms with Crippen molar-refractivity contribution in [3.63, 3.8) is 0 Å². The number of nitrogens with one attached hydrogen (secondary N) is 1. The molecule has 29 heavy (non-hydrogen) atoms. The maximum absolute atomic E-state index is 12.2. The minimum atomic E-state index is -0.110. The number of benzene rings is 2. The van der Waals surface area contributed by atoms with E-state index in [9.17, 15) is 9.59 Å². The van der Waals surface area contributed by atoms with Gasteiger partial charge in [0.05, 0.1) is 12.7 Å². The van der Waals surface area contributed by atoms with Crippen LogP contribution in [-0.4, -0.2) is 30.9 Å². The molecule has 0 atom stereocenters. The molecule has 0 aliphatic heterocycles. The Kier molecular flexibility index (Phi) is 9.22. The summed E-state index contributed by atoms with van der Waals surface area (Å²) >= 11 is 0. The molecule has 0 fully saturated rings. The van der Waals surface area contributed by atoms with E-state index in [1.54, 1.807) is 24.3 Å². The lowest BCUT2D eigenvalue weighted by molar-refractivity contribution is -0.121. The summed E-state index contributed by atoms with van der Waals surface area (Å²) in [4.78, 5) is 24.3. The molecule has 0 aliphatic rings. The molecule has 0 saturated heterocycles. The van der Waals surface area contributed by atoms with Gasteiger partial charge in [0.1, 0.15) is 11.5 Å². The molecule has 5 nitrogen and oxygen atoms in total. The maximum atomic E-state index is 12.2. The SMILES string of the molecule is CCCOc1ccc(C(=O)CCC(=O)NCCc2ccc(OC(C)C)cc2)cc1. The first kappa shape index (κ1) is 22.5. The Morgan fingerprint density at radius 1 is 0.931 bits per heavy atom. The second-order valence-corrected chi connectivity index (χ2v) is 7.21. The Balaban J connectivity index is 1.68. The van der Waals surface area contributed by atoms with E-state index in [-0.39, 0.29) is 30.6 Å². The second-order valence-electron chi connectivity index (χ2n) is 7.21. The minimum Gasteiger partial charge on any atom is -0.494 e. The normalized spacial score (nSPS) is 10.6. The first-order valence-electron chi connectivity index (χ1n) is 10.3. The van der Waals surface area contributed by atoms with Crippen molar-refractivity contribution < 1.29 is 19.1 Å². The molecule has 0 saturated carbocycles. The molecule has 156 valence electrons. The molecule has 2 aromatic rings. The maximum Gasteiger partial charge on any atom is 0.220 e. The van der Waals surface area contributed by atoms with Crippen LogP contribution in [0.25, 0.3) is 0 Å². The number of ether oxygens (including phenoxy) is 2. The molecular weight excluding hydrogens is 366 g/mol. The highest BCUT2D eigenvalue weighted by atomic mass is 16.5. The van der Waals surface area contributed by atoms with Crippen LogP contribution < -0.4 is 14.8 Å². The van der Waals surface area contributed by atoms with Crippen LogP contribution in [0.3, 0.4) is 0 Å². The monoisotopic (exact) mass is 397 g/mol. The van der Waals surface area contributed by atoms with E-state index in [0.29, 0.717) is 18.7 Å². The summed E-state index contributed by atoms with van der Waals surface area (Å²) in [6.07, 6.45) is 2.21. The van der Waals surface area contributed by atoms with Gasteiger partial charge in [0, 0.05) is 24.9 Å². The third-order valence-electron chi connectivity index (χ3n) is 4.26. The van der Waals surface area contributed by atoms with Crippen molar-refractivity contribution in [2.24, 2.45) is 0 Å². The summed E-state index contributed by atoms with van der Waals surface area (Å²) < 4.78 is 11.1. The van der Waals surface area contributed by atoms with E-state index >= 15 is 0 Å². The lowest BCUT2D eigenvalue weighted by atomic mass is 10.1. The molecule has 0 unspecified atom stereocenters. The van der Waals surface area contributed by atoms with Crippen LogP contribution in [0.4, 0.5) is 0 Å². The average molecular weight is 398 g/mol. The van der Waals surface area contributed by atoms with Gasteiger partial charge in [0.25, 0.3) is 0 Å². The quantitative estimate of drug-likeness (QED) is 0.532. The first-order valence-corrected chi connectivity index (χ1v) is 10.3. The molecule has 2 aromatic carbocycles. The Morgan fingerprint density at radius 2 is 1.59 bits per heavy atom. The summed E-state index contributed by atoms with van der Waals surface area (Å²) in [5.41, 5.74) is 1.73. The highest BCUT2D eigenvalue weighted by molar-refractivity contribution is 5.98. The lowest BCUT2D eigenvalue weighted by Gasteiger charge is -2.10. The van der Waals surface area contributed by atoms with Crippen LogP contribution in [0.5, 0.6) is 11.5 Å². The fraction of sp³-hybridized carbons (Fsp3) is 0.417. The zero-order valence-corrected chi connectivity index (χ0v) is 17.6. The number of ketones is 1. The van der Waals surface area contributed by atoms with E-state index in [1.807, 2.05) is 45.0 Å². The standard InChI is InChI=1S/C24H31NO4/c1-4-17-28-21-11-7-20(8-12-21)23(26)13-14-24(27)25-16-15-19-5-9-22(10-6-19)29-18(2)3/h5-12,18H,4,13-17H2,1-3H3,(H,25,27). The van der Waals surface area contributed by atoms with E-state index in [2.05, 4.69) is 5.32 Å². The van der Waals surface area contributed by atoms with Gasteiger partial charge in [-0.15, -0.1) is 0 Å². The van der Waals surface area contributed by atoms with Crippen LogP contribution in [0.1, 0.15) is 56.0 Å². The lowest BCUT2D eigenvalue weighted by Crippen LogP contribution is -2.26. The summed E-state index contributed by atoms with van der Waals surface area (Å²) in [5.74, 6) is 1.45. The van der Waals surface area contributed by atoms with Crippen molar-refractivity contribution >= 4 is 11.7 Å². The second kappa shape index (κ2) is 11.9. The molecule has 0 aliphatic carbocycles. The van der Waals surface area contributed by atoms with Crippen LogP contribution in [0, 0.1) is 0 Å². The van der Waals surface area contributed by atoms with E-state index in [4.69, 9.17) is 9.47 Å². The van der Waals surface area contributed by atoms with Crippen LogP contribution >= 0.6 is 0 Å². The van der Waals surface area contributed by atoms with Crippen molar-refractivity contribution in [1.29, 1.82) is 0 Å². The Labute approximate surface area is 173 Å². The number of hydrogen-bond donors (Lipinski definition) is 1. The number of hydrogen-bond acceptors (Lipinski definition) is 4. The van der Waals surface area contributed by atoms with Crippen LogP contribution in [-0.2, 0) is 11.2 Å². The van der Waals surface area contributed by atoms with Gasteiger partial charge in [-0.3, -0.25) is 9.59 Å². The van der Waals surface area contributed by atoms with Crippen LogP contribution in [0.15, 0.2) is 48.5 Å². The largest absolute Gasteiger partial charge is 0.494 e. The van der Waals surface area contributed by atoms with Gasteiger partial charge >= 0.3 is 0 Å². The van der Waals surface area contributed by atoms with Crippen molar-refractivity contribution in [2.75, 3.05) is 13.2 Å². The smallest absolute Gasteiger partial charge is 0.220 e. The number of carbonyl (C=O) groups is 2. The van der Waals surface area contributed by atoms with Gasteiger partial charge in [-0.25, -0.2) is 0 Å². The third-order valence-corrected chi connectivity index (χ3v) is 4.26. The highest BCUT2D eigenvalue weighted by Gasteiger charge is 2.09. The zero-order chi connectivity index (χ0) is 21.1. The van der Waals surface area contributed by atoms with E-state index < -0.39 is 0 Å². The first-order chi connectivity index (χ1) is 14.0. The van der Waals surface area contributed by atoms with Gasteiger partial charge in [0.15, 0.2) is 5.78 Å². The van der Waals surface area contributed by atoms with Gasteiger partial charge < -0.3 is 14.8 Å². The Morgan fingerprint density at radius 3 is 2.21 bits per heavy atom. The molecule has 1 amide bonds. The predicted molar refractivity (Wildman–Crippen MR) is 115 cm³/mol. The molecule has 0 bridgehead atoms. The summed E-state index contributed by atoms with van der Waals surface area (Å²) in [7, 11) is 0. The molecule has 1 N–H and O–H groups in total. The van der Waals surface area contributed by atoms with Crippen molar-refractivity contribution in [2.45, 2.75) is 52.6 Å². The molecule has 0 spiro atoms. The number of rotatable bonds is 12. The number of Topliss-reactive ketones (excluding diaryl/α,β-unsaturated/α-hetero) is 1. The van der Waals surface area contributed by atoms with Crippen LogP contribution in [0.2, 0.25) is 0 Å². The van der Waals surface area contributed by atoms with Crippen molar-refractivity contribution in [1.82, 2.24) is 5.32 Å². The topological polar surface area (TPSA) is 64.6 Å². The molecule has 5 heteroatoms. The van der Waals surface area contributed by atoms with Gasteiger partial charge in [0.2, 0.25) is 5.91 Å². The minimum absolute atomic E-state index is 0.0390. The molecule has 0 heterocycles. The summed E-state index contributed by atoms with van der Waals surface area (Å²) in [6.45, 7) is 7.22. The fourth-order valence-corrected chi connectivity index (χ4v) is 2.77. The van der Waals surface area contributed by atoms with Crippen molar-refractivity contribution in [3.05, 3.63) is 59.7 Å². The molecule has 2 rings (SSSR count). The van der Waals surface area contributed by atoms with Gasteiger partial charge in [-0.1, -0.05) is 19.1 Å².